The van der Waals surface area contributed by atoms with Crippen molar-refractivity contribution < 1.29 is 9.47 Å². The molecule has 0 amide bonds. The highest BCUT2D eigenvalue weighted by atomic mass is 16.5. The van der Waals surface area contributed by atoms with Crippen LogP contribution in [0, 0.1) is 0 Å². The second-order valence-corrected chi connectivity index (χ2v) is 4.25. The molecule has 0 bridgehead atoms. The quantitative estimate of drug-likeness (QED) is 0.780. The lowest BCUT2D eigenvalue weighted by Crippen LogP contribution is -2.11. The molecule has 1 aliphatic rings. The molecule has 1 aliphatic carbocycles. The van der Waals surface area contributed by atoms with Gasteiger partial charge in [0.05, 0.1) is 14.2 Å². The number of nitrogens with two attached hydrogens (primary N) is 1. The fourth-order valence-electron chi connectivity index (χ4n) is 2.36. The summed E-state index contributed by atoms with van der Waals surface area (Å²) in [5.41, 5.74) is 8.63. The first-order chi connectivity index (χ1) is 7.76. The minimum absolute atomic E-state index is 0.112. The molecule has 3 heteroatoms. The molecule has 0 radical (unpaired) electrons. The maximum absolute atomic E-state index is 6.18. The number of hydrogen-bond donors (Lipinski definition) is 1. The average Bonchev–Trinajstić information content (AvgIpc) is 2.50. The van der Waals surface area contributed by atoms with Crippen molar-refractivity contribution in [2.75, 3.05) is 14.2 Å². The minimum atomic E-state index is 0.112. The number of rotatable bonds is 2. The lowest BCUT2D eigenvalue weighted by atomic mass is 9.98. The highest BCUT2D eigenvalue weighted by molar-refractivity contribution is 5.48. The van der Waals surface area contributed by atoms with Crippen LogP contribution in [0.15, 0.2) is 12.1 Å². The summed E-state index contributed by atoms with van der Waals surface area (Å²) in [6, 6.07) is 4.10. The molecule has 0 spiro atoms. The van der Waals surface area contributed by atoms with Crippen LogP contribution >= 0.6 is 0 Å². The summed E-state index contributed by atoms with van der Waals surface area (Å²) in [5, 5.41) is 0. The monoisotopic (exact) mass is 221 g/mol. The summed E-state index contributed by atoms with van der Waals surface area (Å²) < 4.78 is 10.7. The predicted molar refractivity (Wildman–Crippen MR) is 64.0 cm³/mol. The van der Waals surface area contributed by atoms with Gasteiger partial charge in [-0.25, -0.2) is 0 Å². The zero-order chi connectivity index (χ0) is 11.5. The van der Waals surface area contributed by atoms with E-state index in [1.807, 2.05) is 12.1 Å². The van der Waals surface area contributed by atoms with Gasteiger partial charge in [-0.15, -0.1) is 0 Å². The largest absolute Gasteiger partial charge is 0.497 e. The summed E-state index contributed by atoms with van der Waals surface area (Å²) in [4.78, 5) is 0. The SMILES string of the molecule is COc1cc(OC)c2c(c1)C(N)CCCC2. The van der Waals surface area contributed by atoms with Gasteiger partial charge in [-0.2, -0.15) is 0 Å². The van der Waals surface area contributed by atoms with Crippen molar-refractivity contribution in [1.82, 2.24) is 0 Å². The van der Waals surface area contributed by atoms with Gasteiger partial charge >= 0.3 is 0 Å². The van der Waals surface area contributed by atoms with E-state index in [9.17, 15) is 0 Å². The molecule has 2 rings (SSSR count). The fourth-order valence-corrected chi connectivity index (χ4v) is 2.36. The third-order valence-corrected chi connectivity index (χ3v) is 3.26. The van der Waals surface area contributed by atoms with E-state index in [1.165, 1.54) is 24.0 Å². The van der Waals surface area contributed by atoms with Crippen molar-refractivity contribution in [2.24, 2.45) is 5.73 Å². The molecular formula is C13H19NO2. The molecule has 3 nitrogen and oxygen atoms in total. The van der Waals surface area contributed by atoms with Crippen molar-refractivity contribution in [3.63, 3.8) is 0 Å². The summed E-state index contributed by atoms with van der Waals surface area (Å²) in [5.74, 6) is 1.74. The normalized spacial score (nSPS) is 19.8. The molecule has 0 saturated carbocycles. The average molecular weight is 221 g/mol. The number of hydrogen-bond acceptors (Lipinski definition) is 3. The van der Waals surface area contributed by atoms with Crippen LogP contribution in [0.2, 0.25) is 0 Å². The molecule has 2 N–H and O–H groups in total. The van der Waals surface area contributed by atoms with Crippen molar-refractivity contribution in [3.8, 4) is 11.5 Å². The van der Waals surface area contributed by atoms with E-state index >= 15 is 0 Å². The zero-order valence-electron chi connectivity index (χ0n) is 9.95. The maximum Gasteiger partial charge on any atom is 0.126 e. The van der Waals surface area contributed by atoms with Crippen molar-refractivity contribution in [3.05, 3.63) is 23.3 Å². The number of benzene rings is 1. The molecule has 0 aliphatic heterocycles. The Kier molecular flexibility index (Phi) is 3.34. The van der Waals surface area contributed by atoms with E-state index in [1.54, 1.807) is 14.2 Å². The third kappa shape index (κ3) is 2.00. The maximum atomic E-state index is 6.18. The van der Waals surface area contributed by atoms with Gasteiger partial charge in [0.2, 0.25) is 0 Å². The van der Waals surface area contributed by atoms with Crippen molar-refractivity contribution >= 4 is 0 Å². The highest BCUT2D eigenvalue weighted by Gasteiger charge is 2.19. The first kappa shape index (κ1) is 11.3. The van der Waals surface area contributed by atoms with Gasteiger partial charge in [0.15, 0.2) is 0 Å². The molecule has 0 fully saturated rings. The standard InChI is InChI=1S/C13H19NO2/c1-15-9-7-11-10(13(8-9)16-2)5-3-4-6-12(11)14/h7-8,12H,3-6,14H2,1-2H3. The van der Waals surface area contributed by atoms with Crippen LogP contribution in [0.25, 0.3) is 0 Å². The Labute approximate surface area is 96.5 Å². The Balaban J connectivity index is 2.51. The van der Waals surface area contributed by atoms with E-state index in [2.05, 4.69) is 0 Å². The van der Waals surface area contributed by atoms with E-state index in [0.717, 1.165) is 24.3 Å². The van der Waals surface area contributed by atoms with E-state index in [4.69, 9.17) is 15.2 Å². The molecule has 1 aromatic carbocycles. The van der Waals surface area contributed by atoms with Gasteiger partial charge in [0.25, 0.3) is 0 Å². The predicted octanol–water partition coefficient (Wildman–Crippen LogP) is 2.43. The van der Waals surface area contributed by atoms with Gasteiger partial charge in [-0.1, -0.05) is 6.42 Å². The minimum Gasteiger partial charge on any atom is -0.497 e. The number of ether oxygens (including phenoxy) is 2. The number of methoxy groups -OCH3 is 2. The lowest BCUT2D eigenvalue weighted by Gasteiger charge is -2.17. The Morgan fingerprint density at radius 1 is 1.19 bits per heavy atom. The van der Waals surface area contributed by atoms with Crippen LogP contribution < -0.4 is 15.2 Å². The van der Waals surface area contributed by atoms with E-state index < -0.39 is 0 Å². The molecule has 1 aromatic rings. The first-order valence-corrected chi connectivity index (χ1v) is 5.76. The van der Waals surface area contributed by atoms with Crippen LogP contribution in [-0.2, 0) is 6.42 Å². The smallest absolute Gasteiger partial charge is 0.126 e. The first-order valence-electron chi connectivity index (χ1n) is 5.76. The summed E-state index contributed by atoms with van der Waals surface area (Å²) in [7, 11) is 3.37. The highest BCUT2D eigenvalue weighted by Crippen LogP contribution is 2.36. The van der Waals surface area contributed by atoms with Crippen LogP contribution in [-0.4, -0.2) is 14.2 Å². The molecule has 16 heavy (non-hydrogen) atoms. The zero-order valence-corrected chi connectivity index (χ0v) is 9.95. The Hall–Kier alpha value is -1.22. The van der Waals surface area contributed by atoms with E-state index in [-0.39, 0.29) is 6.04 Å². The number of fused-ring (bicyclic) bond motifs is 1. The van der Waals surface area contributed by atoms with Gasteiger partial charge in [-0.3, -0.25) is 0 Å². The van der Waals surface area contributed by atoms with E-state index in [0.29, 0.717) is 0 Å². The third-order valence-electron chi connectivity index (χ3n) is 3.26. The van der Waals surface area contributed by atoms with Crippen LogP contribution in [0.3, 0.4) is 0 Å². The molecule has 1 unspecified atom stereocenters. The molecular weight excluding hydrogens is 202 g/mol. The Morgan fingerprint density at radius 2 is 2.00 bits per heavy atom. The van der Waals surface area contributed by atoms with Crippen LogP contribution in [0.1, 0.15) is 36.4 Å². The van der Waals surface area contributed by atoms with Crippen molar-refractivity contribution in [2.45, 2.75) is 31.7 Å². The second-order valence-electron chi connectivity index (χ2n) is 4.25. The summed E-state index contributed by atoms with van der Waals surface area (Å²) in [6.45, 7) is 0. The Morgan fingerprint density at radius 3 is 2.69 bits per heavy atom. The summed E-state index contributed by atoms with van der Waals surface area (Å²) >= 11 is 0. The Bertz CT molecular complexity index is 376. The lowest BCUT2D eigenvalue weighted by molar-refractivity contribution is 0.389. The van der Waals surface area contributed by atoms with Gasteiger partial charge in [-0.05, 0) is 36.5 Å². The molecule has 0 heterocycles. The second kappa shape index (κ2) is 4.74. The van der Waals surface area contributed by atoms with Gasteiger partial charge in [0.1, 0.15) is 11.5 Å². The van der Waals surface area contributed by atoms with Gasteiger partial charge < -0.3 is 15.2 Å². The molecule has 88 valence electrons. The van der Waals surface area contributed by atoms with Crippen molar-refractivity contribution in [1.29, 1.82) is 0 Å². The summed E-state index contributed by atoms with van der Waals surface area (Å²) in [6.07, 6.45) is 4.46. The topological polar surface area (TPSA) is 44.5 Å². The fraction of sp³-hybridized carbons (Fsp3) is 0.538. The molecule has 0 saturated heterocycles. The van der Waals surface area contributed by atoms with Crippen LogP contribution in [0.4, 0.5) is 0 Å². The molecule has 0 aromatic heterocycles. The molecule has 1 atom stereocenters. The van der Waals surface area contributed by atoms with Gasteiger partial charge in [0, 0.05) is 12.1 Å². The van der Waals surface area contributed by atoms with Crippen LogP contribution in [0.5, 0.6) is 11.5 Å².